The molecule has 0 saturated carbocycles. The van der Waals surface area contributed by atoms with Gasteiger partial charge < -0.3 is 5.73 Å². The summed E-state index contributed by atoms with van der Waals surface area (Å²) in [5, 5.41) is 0. The van der Waals surface area contributed by atoms with E-state index in [4.69, 9.17) is 5.73 Å². The minimum absolute atomic E-state index is 0.0916. The Balaban J connectivity index is 2.89. The molecule has 0 saturated heterocycles. The molecule has 1 unspecified atom stereocenters. The molecule has 0 heterocycles. The molecule has 0 fully saturated rings. The van der Waals surface area contributed by atoms with Gasteiger partial charge in [0.2, 0.25) is 10.0 Å². The normalized spacial score (nSPS) is 13.6. The lowest BCUT2D eigenvalue weighted by molar-refractivity contribution is 0.527. The van der Waals surface area contributed by atoms with Crippen molar-refractivity contribution in [3.8, 4) is 0 Å². The van der Waals surface area contributed by atoms with Crippen molar-refractivity contribution in [1.29, 1.82) is 0 Å². The number of anilines is 1. The second kappa shape index (κ2) is 5.46. The van der Waals surface area contributed by atoms with Crippen molar-refractivity contribution in [3.63, 3.8) is 0 Å². The Morgan fingerprint density at radius 3 is 2.59 bits per heavy atom. The van der Waals surface area contributed by atoms with E-state index >= 15 is 0 Å². The molecule has 3 N–H and O–H groups in total. The lowest BCUT2D eigenvalue weighted by Crippen LogP contribution is -2.28. The molecule has 0 bridgehead atoms. The molecular formula is C11H17FN2O2S. The molecule has 96 valence electrons. The summed E-state index contributed by atoms with van der Waals surface area (Å²) in [7, 11) is -3.68. The maximum atomic E-state index is 13.1. The lowest BCUT2D eigenvalue weighted by atomic mass is 10.1. The fourth-order valence-corrected chi connectivity index (χ4v) is 2.45. The Morgan fingerprint density at radius 2 is 2.06 bits per heavy atom. The van der Waals surface area contributed by atoms with E-state index in [0.29, 0.717) is 6.54 Å². The summed E-state index contributed by atoms with van der Waals surface area (Å²) in [6, 6.07) is 3.27. The Kier molecular flexibility index (Phi) is 4.47. The van der Waals surface area contributed by atoms with Crippen molar-refractivity contribution >= 4 is 15.7 Å². The molecule has 6 heteroatoms. The van der Waals surface area contributed by atoms with E-state index in [1.54, 1.807) is 0 Å². The monoisotopic (exact) mass is 260 g/mol. The summed E-state index contributed by atoms with van der Waals surface area (Å²) in [5.74, 6) is -0.426. The molecular weight excluding hydrogens is 243 g/mol. The molecule has 0 aliphatic heterocycles. The first-order valence-corrected chi connectivity index (χ1v) is 6.89. The van der Waals surface area contributed by atoms with Gasteiger partial charge in [0.25, 0.3) is 0 Å². The molecule has 0 aliphatic rings. The van der Waals surface area contributed by atoms with Crippen LogP contribution in [0.2, 0.25) is 0 Å². The second-order valence-electron chi connectivity index (χ2n) is 4.09. The van der Waals surface area contributed by atoms with Crippen LogP contribution in [0.5, 0.6) is 0 Å². The molecule has 0 aromatic heterocycles. The van der Waals surface area contributed by atoms with Crippen molar-refractivity contribution in [3.05, 3.63) is 24.0 Å². The number of hydrogen-bond donors (Lipinski definition) is 2. The standard InChI is InChI=1S/C11H17FN2O2S/c1-3-8(2)7-14-17(15,16)11-5-9(12)4-10(13)6-11/h4-6,8,14H,3,7,13H2,1-2H3. The third-order valence-corrected chi connectivity index (χ3v) is 3.93. The van der Waals surface area contributed by atoms with E-state index in [1.165, 1.54) is 6.07 Å². The van der Waals surface area contributed by atoms with Gasteiger partial charge >= 0.3 is 0 Å². The van der Waals surface area contributed by atoms with Crippen LogP contribution in [0.15, 0.2) is 23.1 Å². The number of hydrogen-bond acceptors (Lipinski definition) is 3. The number of nitrogen functional groups attached to an aromatic ring is 1. The summed E-state index contributed by atoms with van der Waals surface area (Å²) in [4.78, 5) is -0.140. The number of halogens is 1. The number of nitrogens with one attached hydrogen (secondary N) is 1. The molecule has 1 rings (SSSR count). The molecule has 0 radical (unpaired) electrons. The minimum atomic E-state index is -3.68. The van der Waals surface area contributed by atoms with Gasteiger partial charge in [0, 0.05) is 12.2 Å². The van der Waals surface area contributed by atoms with Crippen molar-refractivity contribution in [2.75, 3.05) is 12.3 Å². The van der Waals surface area contributed by atoms with Crippen LogP contribution in [0.3, 0.4) is 0 Å². The van der Waals surface area contributed by atoms with Crippen LogP contribution in [0.4, 0.5) is 10.1 Å². The topological polar surface area (TPSA) is 72.2 Å². The number of sulfonamides is 1. The maximum Gasteiger partial charge on any atom is 0.240 e. The summed E-state index contributed by atoms with van der Waals surface area (Å²) < 4.78 is 39.1. The second-order valence-corrected chi connectivity index (χ2v) is 5.85. The third kappa shape index (κ3) is 3.98. The first-order valence-electron chi connectivity index (χ1n) is 5.41. The average Bonchev–Trinajstić information content (AvgIpc) is 2.24. The van der Waals surface area contributed by atoms with Crippen molar-refractivity contribution in [1.82, 2.24) is 4.72 Å². The van der Waals surface area contributed by atoms with Crippen LogP contribution in [0.1, 0.15) is 20.3 Å². The summed E-state index contributed by atoms with van der Waals surface area (Å²) >= 11 is 0. The molecule has 17 heavy (non-hydrogen) atoms. The Bertz CT molecular complexity index is 468. The predicted octanol–water partition coefficient (Wildman–Crippen LogP) is 1.73. The zero-order chi connectivity index (χ0) is 13.1. The highest BCUT2D eigenvalue weighted by Gasteiger charge is 2.16. The van der Waals surface area contributed by atoms with E-state index < -0.39 is 15.8 Å². The molecule has 1 atom stereocenters. The van der Waals surface area contributed by atoms with Crippen LogP contribution in [0.25, 0.3) is 0 Å². The number of rotatable bonds is 5. The quantitative estimate of drug-likeness (QED) is 0.792. The van der Waals surface area contributed by atoms with Gasteiger partial charge in [0.05, 0.1) is 4.90 Å². The molecule has 0 spiro atoms. The maximum absolute atomic E-state index is 13.1. The van der Waals surface area contributed by atoms with E-state index in [-0.39, 0.29) is 16.5 Å². The Labute approximate surface area is 101 Å². The van der Waals surface area contributed by atoms with Crippen molar-refractivity contribution < 1.29 is 12.8 Å². The smallest absolute Gasteiger partial charge is 0.240 e. The molecule has 0 amide bonds. The van der Waals surface area contributed by atoms with Gasteiger partial charge in [-0.15, -0.1) is 0 Å². The fourth-order valence-electron chi connectivity index (χ4n) is 1.22. The molecule has 4 nitrogen and oxygen atoms in total. The summed E-state index contributed by atoms with van der Waals surface area (Å²) in [6.45, 7) is 4.23. The van der Waals surface area contributed by atoms with E-state index in [1.807, 2.05) is 13.8 Å². The largest absolute Gasteiger partial charge is 0.399 e. The number of nitrogens with two attached hydrogens (primary N) is 1. The molecule has 0 aliphatic carbocycles. The minimum Gasteiger partial charge on any atom is -0.399 e. The van der Waals surface area contributed by atoms with Crippen LogP contribution >= 0.6 is 0 Å². The summed E-state index contributed by atoms with van der Waals surface area (Å²) in [6.07, 6.45) is 0.869. The van der Waals surface area contributed by atoms with Gasteiger partial charge in [0.1, 0.15) is 5.82 Å². The predicted molar refractivity (Wildman–Crippen MR) is 65.5 cm³/mol. The van der Waals surface area contributed by atoms with E-state index in [0.717, 1.165) is 18.6 Å². The highest BCUT2D eigenvalue weighted by atomic mass is 32.2. The van der Waals surface area contributed by atoms with Crippen LogP contribution < -0.4 is 10.5 Å². The first kappa shape index (κ1) is 13.9. The van der Waals surface area contributed by atoms with Crippen molar-refractivity contribution in [2.45, 2.75) is 25.2 Å². The molecule has 1 aromatic rings. The molecule has 1 aromatic carbocycles. The van der Waals surface area contributed by atoms with Crippen molar-refractivity contribution in [2.24, 2.45) is 5.92 Å². The van der Waals surface area contributed by atoms with E-state index in [9.17, 15) is 12.8 Å². The van der Waals surface area contributed by atoms with Gasteiger partial charge in [-0.1, -0.05) is 20.3 Å². The average molecular weight is 260 g/mol. The highest BCUT2D eigenvalue weighted by molar-refractivity contribution is 7.89. The van der Waals surface area contributed by atoms with Gasteiger partial charge in [0.15, 0.2) is 0 Å². The van der Waals surface area contributed by atoms with Gasteiger partial charge in [-0.2, -0.15) is 0 Å². The lowest BCUT2D eigenvalue weighted by Gasteiger charge is -2.11. The van der Waals surface area contributed by atoms with Crippen LogP contribution in [-0.4, -0.2) is 15.0 Å². The number of benzene rings is 1. The Morgan fingerprint density at radius 1 is 1.41 bits per heavy atom. The van der Waals surface area contributed by atoms with Gasteiger partial charge in [-0.3, -0.25) is 0 Å². The third-order valence-electron chi connectivity index (χ3n) is 2.52. The highest BCUT2D eigenvalue weighted by Crippen LogP contribution is 2.15. The first-order chi connectivity index (χ1) is 7.85. The Hall–Kier alpha value is -1.14. The zero-order valence-corrected chi connectivity index (χ0v) is 10.7. The van der Waals surface area contributed by atoms with Crippen LogP contribution in [0, 0.1) is 11.7 Å². The van der Waals surface area contributed by atoms with Gasteiger partial charge in [-0.25, -0.2) is 17.5 Å². The summed E-state index contributed by atoms with van der Waals surface area (Å²) in [5.41, 5.74) is 5.50. The fraction of sp³-hybridized carbons (Fsp3) is 0.455. The van der Waals surface area contributed by atoms with Crippen LogP contribution in [-0.2, 0) is 10.0 Å². The van der Waals surface area contributed by atoms with Gasteiger partial charge in [-0.05, 0) is 24.1 Å². The van der Waals surface area contributed by atoms with E-state index in [2.05, 4.69) is 4.72 Å². The zero-order valence-electron chi connectivity index (χ0n) is 9.90. The SMILES string of the molecule is CCC(C)CNS(=O)(=O)c1cc(N)cc(F)c1.